The first-order chi connectivity index (χ1) is 14.3. The van der Waals surface area contributed by atoms with E-state index in [1.807, 2.05) is 50.2 Å². The predicted molar refractivity (Wildman–Crippen MR) is 119 cm³/mol. The van der Waals surface area contributed by atoms with Crippen molar-refractivity contribution in [1.82, 2.24) is 4.57 Å². The van der Waals surface area contributed by atoms with Gasteiger partial charge in [-0.15, -0.1) is 0 Å². The third-order valence-electron chi connectivity index (χ3n) is 5.76. The molecule has 1 atom stereocenters. The van der Waals surface area contributed by atoms with E-state index >= 15 is 0 Å². The Morgan fingerprint density at radius 2 is 1.67 bits per heavy atom. The summed E-state index contributed by atoms with van der Waals surface area (Å²) in [7, 11) is 1.66. The first kappa shape index (κ1) is 19.6. The van der Waals surface area contributed by atoms with Crippen LogP contribution in [-0.4, -0.2) is 27.3 Å². The third kappa shape index (κ3) is 2.92. The quantitative estimate of drug-likeness (QED) is 0.679. The van der Waals surface area contributed by atoms with E-state index in [-0.39, 0.29) is 28.8 Å². The molecule has 0 spiro atoms. The van der Waals surface area contributed by atoms with Crippen molar-refractivity contribution in [3.05, 3.63) is 81.8 Å². The van der Waals surface area contributed by atoms with E-state index in [9.17, 15) is 14.7 Å². The summed E-state index contributed by atoms with van der Waals surface area (Å²) in [6, 6.07) is 16.4. The van der Waals surface area contributed by atoms with E-state index in [1.54, 1.807) is 37.1 Å². The molecule has 30 heavy (non-hydrogen) atoms. The van der Waals surface area contributed by atoms with E-state index < -0.39 is 0 Å². The van der Waals surface area contributed by atoms with Crippen molar-refractivity contribution in [2.45, 2.75) is 26.8 Å². The van der Waals surface area contributed by atoms with Crippen LogP contribution in [0.1, 0.15) is 26.3 Å². The fourth-order valence-corrected chi connectivity index (χ4v) is 3.94. The van der Waals surface area contributed by atoms with E-state index in [2.05, 4.69) is 4.99 Å². The first-order valence-corrected chi connectivity index (χ1v) is 9.78. The van der Waals surface area contributed by atoms with Crippen molar-refractivity contribution < 1.29 is 9.90 Å². The highest BCUT2D eigenvalue weighted by Gasteiger charge is 2.35. The van der Waals surface area contributed by atoms with E-state index in [1.165, 1.54) is 4.57 Å². The van der Waals surface area contributed by atoms with Crippen LogP contribution < -0.4 is 10.5 Å². The van der Waals surface area contributed by atoms with Gasteiger partial charge in [0.05, 0.1) is 17.3 Å². The van der Waals surface area contributed by atoms with Gasteiger partial charge < -0.3 is 14.6 Å². The number of hydrogen-bond acceptors (Lipinski definition) is 4. The third-order valence-corrected chi connectivity index (χ3v) is 5.76. The van der Waals surface area contributed by atoms with E-state index in [0.29, 0.717) is 22.3 Å². The van der Waals surface area contributed by atoms with Crippen LogP contribution in [0.3, 0.4) is 0 Å². The second-order valence-corrected chi connectivity index (χ2v) is 7.52. The fourth-order valence-electron chi connectivity index (χ4n) is 3.94. The number of hydrogen-bond donors (Lipinski definition) is 1. The molecule has 1 aliphatic rings. The standard InChI is InChI=1S/C24H23N3O3/c1-14-16(3)27(17-10-6-5-7-11-17)24(30)21(14)25-15(2)20-22(28)18-12-8-9-13-19(18)26(4)23(20)29/h5-13,16,28H,1-4H3/t16-/m0/s1. The number of para-hydroxylation sites is 2. The molecule has 4 rings (SSSR count). The number of aryl methyl sites for hydroxylation is 1. The van der Waals surface area contributed by atoms with Crippen LogP contribution in [0.15, 0.2) is 75.7 Å². The molecule has 0 bridgehead atoms. The molecule has 6 heteroatoms. The number of aliphatic imine (C=N–C) groups is 1. The molecular formula is C24H23N3O3. The Morgan fingerprint density at radius 3 is 2.37 bits per heavy atom. The van der Waals surface area contributed by atoms with E-state index in [0.717, 1.165) is 11.3 Å². The number of nitrogens with zero attached hydrogens (tertiary/aromatic N) is 3. The summed E-state index contributed by atoms with van der Waals surface area (Å²) >= 11 is 0. The highest BCUT2D eigenvalue weighted by atomic mass is 16.3. The van der Waals surface area contributed by atoms with Gasteiger partial charge in [-0.2, -0.15) is 0 Å². The molecular weight excluding hydrogens is 378 g/mol. The van der Waals surface area contributed by atoms with Gasteiger partial charge in [0.15, 0.2) is 0 Å². The van der Waals surface area contributed by atoms with Crippen LogP contribution in [0.25, 0.3) is 10.9 Å². The lowest BCUT2D eigenvalue weighted by Crippen LogP contribution is -2.33. The molecule has 1 aliphatic heterocycles. The number of carbonyl (C=O) groups is 1. The van der Waals surface area contributed by atoms with Crippen LogP contribution in [-0.2, 0) is 11.8 Å². The number of amides is 1. The molecule has 0 unspecified atom stereocenters. The van der Waals surface area contributed by atoms with Gasteiger partial charge >= 0.3 is 0 Å². The molecule has 3 aromatic rings. The Morgan fingerprint density at radius 1 is 1.03 bits per heavy atom. The number of aromatic nitrogens is 1. The normalized spacial score (nSPS) is 17.3. The average Bonchev–Trinajstić information content (AvgIpc) is 2.96. The summed E-state index contributed by atoms with van der Waals surface area (Å²) < 4.78 is 1.49. The summed E-state index contributed by atoms with van der Waals surface area (Å²) in [6.07, 6.45) is 0. The van der Waals surface area contributed by atoms with Gasteiger partial charge in [-0.1, -0.05) is 30.3 Å². The van der Waals surface area contributed by atoms with Crippen LogP contribution >= 0.6 is 0 Å². The number of aromatic hydroxyl groups is 1. The summed E-state index contributed by atoms with van der Waals surface area (Å²) in [4.78, 5) is 32.3. The largest absolute Gasteiger partial charge is 0.506 e. The number of rotatable bonds is 3. The lowest BCUT2D eigenvalue weighted by molar-refractivity contribution is -0.114. The summed E-state index contributed by atoms with van der Waals surface area (Å²) in [5.74, 6) is -0.339. The van der Waals surface area contributed by atoms with Gasteiger partial charge in [0.2, 0.25) is 0 Å². The van der Waals surface area contributed by atoms with Crippen LogP contribution in [0.5, 0.6) is 5.75 Å². The number of carbonyl (C=O) groups excluding carboxylic acids is 1. The first-order valence-electron chi connectivity index (χ1n) is 9.78. The highest BCUT2D eigenvalue weighted by molar-refractivity contribution is 6.13. The predicted octanol–water partition coefficient (Wildman–Crippen LogP) is 3.76. The van der Waals surface area contributed by atoms with Crippen LogP contribution in [0, 0.1) is 0 Å². The second kappa shape index (κ2) is 7.30. The van der Waals surface area contributed by atoms with Crippen LogP contribution in [0.2, 0.25) is 0 Å². The van der Waals surface area contributed by atoms with Gasteiger partial charge in [-0.25, -0.2) is 4.99 Å². The molecule has 0 fully saturated rings. The van der Waals surface area contributed by atoms with Gasteiger partial charge in [0, 0.05) is 18.1 Å². The van der Waals surface area contributed by atoms with Gasteiger partial charge in [0.1, 0.15) is 17.0 Å². The average molecular weight is 401 g/mol. The lowest BCUT2D eigenvalue weighted by Gasteiger charge is -2.22. The van der Waals surface area contributed by atoms with Crippen molar-refractivity contribution in [2.24, 2.45) is 12.0 Å². The minimum atomic E-state index is -0.357. The maximum atomic E-state index is 13.2. The molecule has 0 aliphatic carbocycles. The summed E-state index contributed by atoms with van der Waals surface area (Å²) in [6.45, 7) is 5.47. The zero-order chi connectivity index (χ0) is 21.6. The minimum Gasteiger partial charge on any atom is -0.506 e. The smallest absolute Gasteiger partial charge is 0.277 e. The van der Waals surface area contributed by atoms with Crippen molar-refractivity contribution in [1.29, 1.82) is 0 Å². The SMILES string of the molecule is CC(=NC1=C(C)[C@H](C)N(c2ccccc2)C1=O)c1c(O)c2ccccc2n(C)c1=O. The van der Waals surface area contributed by atoms with Crippen molar-refractivity contribution in [3.63, 3.8) is 0 Å². The van der Waals surface area contributed by atoms with Crippen molar-refractivity contribution in [2.75, 3.05) is 4.90 Å². The van der Waals surface area contributed by atoms with Gasteiger partial charge in [-0.3, -0.25) is 9.59 Å². The molecule has 2 heterocycles. The molecule has 1 N–H and O–H groups in total. The molecule has 0 radical (unpaired) electrons. The molecule has 2 aromatic carbocycles. The van der Waals surface area contributed by atoms with Gasteiger partial charge in [-0.05, 0) is 50.6 Å². The molecule has 0 saturated carbocycles. The summed E-state index contributed by atoms with van der Waals surface area (Å²) in [5, 5.41) is 11.4. The topological polar surface area (TPSA) is 74.9 Å². The lowest BCUT2D eigenvalue weighted by atomic mass is 10.1. The monoisotopic (exact) mass is 401 g/mol. The second-order valence-electron chi connectivity index (χ2n) is 7.52. The minimum absolute atomic E-state index is 0.107. The number of fused-ring (bicyclic) bond motifs is 1. The number of pyridine rings is 1. The molecule has 0 saturated heterocycles. The molecule has 1 amide bonds. The molecule has 6 nitrogen and oxygen atoms in total. The highest BCUT2D eigenvalue weighted by Crippen LogP contribution is 2.32. The summed E-state index contributed by atoms with van der Waals surface area (Å²) in [5.41, 5.74) is 2.61. The number of anilines is 1. The Labute approximate surface area is 174 Å². The zero-order valence-electron chi connectivity index (χ0n) is 17.4. The number of benzene rings is 2. The van der Waals surface area contributed by atoms with Crippen molar-refractivity contribution >= 4 is 28.2 Å². The molecule has 1 aromatic heterocycles. The maximum absolute atomic E-state index is 13.2. The Hall–Kier alpha value is -3.67. The van der Waals surface area contributed by atoms with Gasteiger partial charge in [0.25, 0.3) is 11.5 Å². The Kier molecular flexibility index (Phi) is 4.78. The zero-order valence-corrected chi connectivity index (χ0v) is 17.4. The fraction of sp³-hybridized carbons (Fsp3) is 0.208. The van der Waals surface area contributed by atoms with Crippen LogP contribution in [0.4, 0.5) is 5.69 Å². The Balaban J connectivity index is 1.83. The maximum Gasteiger partial charge on any atom is 0.277 e. The van der Waals surface area contributed by atoms with Crippen molar-refractivity contribution in [3.8, 4) is 5.75 Å². The van der Waals surface area contributed by atoms with E-state index in [4.69, 9.17) is 0 Å². The molecule has 152 valence electrons. The Bertz CT molecular complexity index is 1290.